The number of amides is 1. The molecular formula is C19H23ClN2O. The Balaban J connectivity index is 1.65. The highest BCUT2D eigenvalue weighted by Crippen LogP contribution is 2.13. The quantitative estimate of drug-likeness (QED) is 0.750. The number of aryl methyl sites for hydroxylation is 2. The number of hydrogen-bond acceptors (Lipinski definition) is 2. The van der Waals surface area contributed by atoms with Crippen LogP contribution >= 0.6 is 11.6 Å². The van der Waals surface area contributed by atoms with Crippen molar-refractivity contribution in [2.45, 2.75) is 26.7 Å². The third-order valence-corrected chi connectivity index (χ3v) is 3.79. The van der Waals surface area contributed by atoms with Crippen molar-refractivity contribution in [2.24, 2.45) is 0 Å². The Morgan fingerprint density at radius 1 is 1.00 bits per heavy atom. The Kier molecular flexibility index (Phi) is 6.63. The number of halogens is 1. The lowest BCUT2D eigenvalue weighted by Crippen LogP contribution is -2.23. The fraction of sp³-hybridized carbons (Fsp3) is 0.316. The third-order valence-electron chi connectivity index (χ3n) is 3.54. The second-order valence-corrected chi connectivity index (χ2v) is 6.24. The molecule has 4 heteroatoms. The summed E-state index contributed by atoms with van der Waals surface area (Å²) in [5, 5.41) is 6.99. The normalized spacial score (nSPS) is 10.6. The van der Waals surface area contributed by atoms with Gasteiger partial charge in [-0.1, -0.05) is 29.8 Å². The van der Waals surface area contributed by atoms with Gasteiger partial charge in [0.05, 0.1) is 0 Å². The van der Waals surface area contributed by atoms with Crippen molar-refractivity contribution in [3.63, 3.8) is 0 Å². The van der Waals surface area contributed by atoms with Gasteiger partial charge in [-0.15, -0.1) is 0 Å². The molecule has 1 amide bonds. The van der Waals surface area contributed by atoms with Gasteiger partial charge in [0.25, 0.3) is 0 Å². The topological polar surface area (TPSA) is 41.1 Å². The van der Waals surface area contributed by atoms with E-state index in [2.05, 4.69) is 16.7 Å². The highest BCUT2D eigenvalue weighted by atomic mass is 35.5. The average molecular weight is 331 g/mol. The van der Waals surface area contributed by atoms with Crippen LogP contribution in [0.3, 0.4) is 0 Å². The predicted molar refractivity (Wildman–Crippen MR) is 97.2 cm³/mol. The summed E-state index contributed by atoms with van der Waals surface area (Å²) in [5.74, 6) is 0.0361. The molecule has 0 aliphatic rings. The summed E-state index contributed by atoms with van der Waals surface area (Å²) in [7, 11) is 0. The molecule has 0 heterocycles. The maximum atomic E-state index is 11.9. The van der Waals surface area contributed by atoms with Crippen LogP contribution in [-0.2, 0) is 11.2 Å². The molecule has 0 unspecified atom stereocenters. The number of hydrogen-bond donors (Lipinski definition) is 2. The van der Waals surface area contributed by atoms with Gasteiger partial charge in [-0.25, -0.2) is 0 Å². The molecule has 0 saturated heterocycles. The summed E-state index contributed by atoms with van der Waals surface area (Å²) < 4.78 is 0. The van der Waals surface area contributed by atoms with Gasteiger partial charge in [0.2, 0.25) is 5.91 Å². The molecule has 2 aromatic carbocycles. The molecule has 3 nitrogen and oxygen atoms in total. The van der Waals surface area contributed by atoms with Crippen molar-refractivity contribution < 1.29 is 4.79 Å². The standard InChI is InChI=1S/C19H23ClN2O/c1-14-11-15(2)13-18(12-14)22-19(23)8-10-21-9-7-16-3-5-17(20)6-4-16/h3-6,11-13,21H,7-10H2,1-2H3,(H,22,23). The zero-order valence-corrected chi connectivity index (χ0v) is 14.4. The first-order chi connectivity index (χ1) is 11.0. The van der Waals surface area contributed by atoms with E-state index in [4.69, 9.17) is 11.6 Å². The van der Waals surface area contributed by atoms with Crippen LogP contribution in [0, 0.1) is 13.8 Å². The van der Waals surface area contributed by atoms with E-state index in [0.29, 0.717) is 13.0 Å². The van der Waals surface area contributed by atoms with Crippen molar-refractivity contribution in [1.82, 2.24) is 5.32 Å². The summed E-state index contributed by atoms with van der Waals surface area (Å²) in [6.45, 7) is 5.57. The van der Waals surface area contributed by atoms with Gasteiger partial charge in [-0.2, -0.15) is 0 Å². The lowest BCUT2D eigenvalue weighted by molar-refractivity contribution is -0.116. The molecule has 0 aromatic heterocycles. The minimum atomic E-state index is 0.0361. The molecular weight excluding hydrogens is 308 g/mol. The smallest absolute Gasteiger partial charge is 0.225 e. The van der Waals surface area contributed by atoms with Gasteiger partial charge >= 0.3 is 0 Å². The molecule has 0 saturated carbocycles. The van der Waals surface area contributed by atoms with Crippen LogP contribution in [0.4, 0.5) is 5.69 Å². The molecule has 0 spiro atoms. The van der Waals surface area contributed by atoms with Gasteiger partial charge in [0.1, 0.15) is 0 Å². The van der Waals surface area contributed by atoms with E-state index < -0.39 is 0 Å². The van der Waals surface area contributed by atoms with Crippen molar-refractivity contribution in [3.05, 3.63) is 64.2 Å². The van der Waals surface area contributed by atoms with Gasteiger partial charge in [-0.3, -0.25) is 4.79 Å². The summed E-state index contributed by atoms with van der Waals surface area (Å²) in [4.78, 5) is 11.9. The first-order valence-corrected chi connectivity index (χ1v) is 8.24. The van der Waals surface area contributed by atoms with E-state index in [1.807, 2.05) is 50.2 Å². The molecule has 0 aliphatic carbocycles. The molecule has 23 heavy (non-hydrogen) atoms. The molecule has 0 aliphatic heterocycles. The van der Waals surface area contributed by atoms with E-state index in [9.17, 15) is 4.79 Å². The molecule has 2 rings (SSSR count). The van der Waals surface area contributed by atoms with Crippen LogP contribution in [-0.4, -0.2) is 19.0 Å². The van der Waals surface area contributed by atoms with Gasteiger partial charge in [0.15, 0.2) is 0 Å². The maximum absolute atomic E-state index is 11.9. The first kappa shape index (κ1) is 17.5. The van der Waals surface area contributed by atoms with Crippen LogP contribution in [0.25, 0.3) is 0 Å². The molecule has 0 atom stereocenters. The monoisotopic (exact) mass is 330 g/mol. The second-order valence-electron chi connectivity index (χ2n) is 5.80. The Hall–Kier alpha value is -1.84. The maximum Gasteiger partial charge on any atom is 0.225 e. The SMILES string of the molecule is Cc1cc(C)cc(NC(=O)CCNCCc2ccc(Cl)cc2)c1. The number of anilines is 1. The number of carbonyl (C=O) groups is 1. The Bertz CT molecular complexity index is 633. The van der Waals surface area contributed by atoms with Crippen LogP contribution in [0.5, 0.6) is 0 Å². The molecule has 0 bridgehead atoms. The molecule has 0 fully saturated rings. The number of nitrogens with one attached hydrogen (secondary N) is 2. The Labute approximate surface area is 143 Å². The number of carbonyl (C=O) groups excluding carboxylic acids is 1. The van der Waals surface area contributed by atoms with Gasteiger partial charge < -0.3 is 10.6 Å². The summed E-state index contributed by atoms with van der Waals surface area (Å²) >= 11 is 5.86. The van der Waals surface area contributed by atoms with E-state index in [1.54, 1.807) is 0 Å². The van der Waals surface area contributed by atoms with E-state index in [1.165, 1.54) is 5.56 Å². The fourth-order valence-corrected chi connectivity index (χ4v) is 2.61. The average Bonchev–Trinajstić information content (AvgIpc) is 2.47. The highest BCUT2D eigenvalue weighted by Gasteiger charge is 2.03. The van der Waals surface area contributed by atoms with Gasteiger partial charge in [0, 0.05) is 23.7 Å². The third kappa shape index (κ3) is 6.43. The van der Waals surface area contributed by atoms with Crippen LogP contribution < -0.4 is 10.6 Å². The van der Waals surface area contributed by atoms with Crippen LogP contribution in [0.1, 0.15) is 23.1 Å². The Morgan fingerprint density at radius 3 is 2.30 bits per heavy atom. The minimum absolute atomic E-state index is 0.0361. The molecule has 2 N–H and O–H groups in total. The lowest BCUT2D eigenvalue weighted by Gasteiger charge is -2.08. The minimum Gasteiger partial charge on any atom is -0.326 e. The molecule has 0 radical (unpaired) electrons. The Morgan fingerprint density at radius 2 is 1.65 bits per heavy atom. The summed E-state index contributed by atoms with van der Waals surface area (Å²) in [6, 6.07) is 13.9. The predicted octanol–water partition coefficient (Wildman–Crippen LogP) is 4.12. The van der Waals surface area contributed by atoms with Crippen molar-refractivity contribution >= 4 is 23.2 Å². The van der Waals surface area contributed by atoms with Crippen molar-refractivity contribution in [3.8, 4) is 0 Å². The summed E-state index contributed by atoms with van der Waals surface area (Å²) in [6.07, 6.45) is 1.39. The highest BCUT2D eigenvalue weighted by molar-refractivity contribution is 6.30. The number of rotatable bonds is 7. The van der Waals surface area contributed by atoms with Crippen LogP contribution in [0.15, 0.2) is 42.5 Å². The summed E-state index contributed by atoms with van der Waals surface area (Å²) in [5.41, 5.74) is 4.41. The van der Waals surface area contributed by atoms with E-state index >= 15 is 0 Å². The van der Waals surface area contributed by atoms with E-state index in [0.717, 1.165) is 34.8 Å². The van der Waals surface area contributed by atoms with Crippen molar-refractivity contribution in [1.29, 1.82) is 0 Å². The first-order valence-electron chi connectivity index (χ1n) is 7.86. The molecule has 122 valence electrons. The fourth-order valence-electron chi connectivity index (χ4n) is 2.48. The van der Waals surface area contributed by atoms with Crippen LogP contribution in [0.2, 0.25) is 5.02 Å². The van der Waals surface area contributed by atoms with E-state index in [-0.39, 0.29) is 5.91 Å². The zero-order chi connectivity index (χ0) is 16.7. The number of benzene rings is 2. The molecule has 2 aromatic rings. The van der Waals surface area contributed by atoms with Gasteiger partial charge in [-0.05, 0) is 67.8 Å². The largest absolute Gasteiger partial charge is 0.326 e. The lowest BCUT2D eigenvalue weighted by atomic mass is 10.1. The van der Waals surface area contributed by atoms with Crippen molar-refractivity contribution in [2.75, 3.05) is 18.4 Å². The second kappa shape index (κ2) is 8.70. The zero-order valence-electron chi connectivity index (χ0n) is 13.7.